The average molecular weight is 311 g/mol. The summed E-state index contributed by atoms with van der Waals surface area (Å²) in [5.74, 6) is -1.43. The number of aryl methyl sites for hydroxylation is 1. The molecule has 0 aliphatic heterocycles. The van der Waals surface area contributed by atoms with Crippen LogP contribution in [0.3, 0.4) is 0 Å². The van der Waals surface area contributed by atoms with Gasteiger partial charge in [0.1, 0.15) is 11.4 Å². The van der Waals surface area contributed by atoms with Crippen molar-refractivity contribution in [1.29, 1.82) is 0 Å². The van der Waals surface area contributed by atoms with E-state index in [-0.39, 0.29) is 11.6 Å². The molecule has 0 fully saturated rings. The van der Waals surface area contributed by atoms with Gasteiger partial charge < -0.3 is 15.5 Å². The van der Waals surface area contributed by atoms with Crippen molar-refractivity contribution in [1.82, 2.24) is 9.38 Å². The molecule has 3 aromatic rings. The van der Waals surface area contributed by atoms with Crippen molar-refractivity contribution < 1.29 is 15.0 Å². The number of carboxylic acid groups (broad SMARTS) is 1. The number of nitrogens with zero attached hydrogens (tertiary/aromatic N) is 2. The molecule has 0 aliphatic rings. The number of pyridine rings is 1. The van der Waals surface area contributed by atoms with Gasteiger partial charge in [-0.3, -0.25) is 9.20 Å². The maximum absolute atomic E-state index is 12.5. The van der Waals surface area contributed by atoms with Crippen LogP contribution in [-0.2, 0) is 0 Å². The molecule has 116 valence electrons. The van der Waals surface area contributed by atoms with Crippen molar-refractivity contribution in [3.63, 3.8) is 0 Å². The van der Waals surface area contributed by atoms with E-state index in [9.17, 15) is 19.8 Å². The highest BCUT2D eigenvalue weighted by Gasteiger charge is 2.20. The molecule has 0 amide bonds. The number of aromatic carboxylic acids is 1. The standard InChI is InChI=1S/C16H13N3O4/c1-9-4-3-7-19-14(9)18-13(12(15(19)21)16(22)23)17-10-5-2-6-11(20)8-10/h2-8,17,20H,1H3,(H,22,23). The maximum Gasteiger partial charge on any atom is 0.345 e. The lowest BCUT2D eigenvalue weighted by Gasteiger charge is -2.11. The summed E-state index contributed by atoms with van der Waals surface area (Å²) in [6, 6.07) is 9.55. The molecule has 0 aliphatic carbocycles. The monoisotopic (exact) mass is 311 g/mol. The minimum Gasteiger partial charge on any atom is -0.508 e. The first-order valence-corrected chi connectivity index (χ1v) is 6.78. The lowest BCUT2D eigenvalue weighted by atomic mass is 10.2. The van der Waals surface area contributed by atoms with E-state index in [1.165, 1.54) is 22.7 Å². The van der Waals surface area contributed by atoms with Gasteiger partial charge in [0.2, 0.25) is 0 Å². The minimum absolute atomic E-state index is 0.0144. The summed E-state index contributed by atoms with van der Waals surface area (Å²) in [6.45, 7) is 1.78. The van der Waals surface area contributed by atoms with Crippen molar-refractivity contribution in [2.75, 3.05) is 5.32 Å². The molecule has 2 aromatic heterocycles. The normalized spacial score (nSPS) is 10.7. The SMILES string of the molecule is Cc1cccn2c(=O)c(C(=O)O)c(Nc3cccc(O)c3)nc12. The second-order valence-electron chi connectivity index (χ2n) is 5.01. The van der Waals surface area contributed by atoms with E-state index in [1.54, 1.807) is 31.2 Å². The van der Waals surface area contributed by atoms with Crippen LogP contribution in [0.1, 0.15) is 15.9 Å². The van der Waals surface area contributed by atoms with Gasteiger partial charge >= 0.3 is 5.97 Å². The Bertz CT molecular complexity index is 979. The summed E-state index contributed by atoms with van der Waals surface area (Å²) >= 11 is 0. The number of phenols is 1. The third kappa shape index (κ3) is 2.59. The van der Waals surface area contributed by atoms with Gasteiger partial charge in [0, 0.05) is 18.0 Å². The highest BCUT2D eigenvalue weighted by molar-refractivity contribution is 5.94. The van der Waals surface area contributed by atoms with E-state index in [2.05, 4.69) is 10.3 Å². The maximum atomic E-state index is 12.5. The first-order chi connectivity index (χ1) is 11.0. The van der Waals surface area contributed by atoms with Crippen LogP contribution in [0.4, 0.5) is 11.5 Å². The lowest BCUT2D eigenvalue weighted by Crippen LogP contribution is -2.25. The number of carbonyl (C=O) groups is 1. The zero-order chi connectivity index (χ0) is 16.6. The molecule has 3 N–H and O–H groups in total. The number of phenolic OH excluding ortho intramolecular Hbond substituents is 1. The molecule has 1 aromatic carbocycles. The summed E-state index contributed by atoms with van der Waals surface area (Å²) in [5, 5.41) is 21.7. The number of aromatic hydroxyl groups is 1. The van der Waals surface area contributed by atoms with Gasteiger partial charge in [-0.15, -0.1) is 0 Å². The fraction of sp³-hybridized carbons (Fsp3) is 0.0625. The predicted octanol–water partition coefficient (Wildman–Crippen LogP) is 2.15. The van der Waals surface area contributed by atoms with Gasteiger partial charge in [0.05, 0.1) is 0 Å². The second-order valence-corrected chi connectivity index (χ2v) is 5.01. The molecule has 0 bridgehead atoms. The number of fused-ring (bicyclic) bond motifs is 1. The van der Waals surface area contributed by atoms with Crippen LogP contribution in [0.15, 0.2) is 47.4 Å². The Morgan fingerprint density at radius 1 is 1.26 bits per heavy atom. The highest BCUT2D eigenvalue weighted by Crippen LogP contribution is 2.21. The van der Waals surface area contributed by atoms with E-state index in [1.807, 2.05) is 0 Å². The molecule has 7 nitrogen and oxygen atoms in total. The molecule has 0 unspecified atom stereocenters. The Morgan fingerprint density at radius 3 is 2.74 bits per heavy atom. The van der Waals surface area contributed by atoms with Crippen molar-refractivity contribution in [2.45, 2.75) is 6.92 Å². The number of nitrogens with one attached hydrogen (secondary N) is 1. The summed E-state index contributed by atoms with van der Waals surface area (Å²) in [4.78, 5) is 28.2. The average Bonchev–Trinajstić information content (AvgIpc) is 2.48. The molecule has 3 rings (SSSR count). The smallest absolute Gasteiger partial charge is 0.345 e. The van der Waals surface area contributed by atoms with Gasteiger partial charge in [0.25, 0.3) is 5.56 Å². The molecule has 0 saturated heterocycles. The van der Waals surface area contributed by atoms with Crippen LogP contribution in [0.5, 0.6) is 5.75 Å². The third-order valence-electron chi connectivity index (χ3n) is 3.37. The number of rotatable bonds is 3. The summed E-state index contributed by atoms with van der Waals surface area (Å²) in [6.07, 6.45) is 1.47. The molecular weight excluding hydrogens is 298 g/mol. The van der Waals surface area contributed by atoms with Gasteiger partial charge in [-0.1, -0.05) is 12.1 Å². The molecule has 0 spiro atoms. The summed E-state index contributed by atoms with van der Waals surface area (Å²) in [5.41, 5.74) is 0.397. The van der Waals surface area contributed by atoms with Crippen LogP contribution in [0.2, 0.25) is 0 Å². The Morgan fingerprint density at radius 2 is 2.04 bits per heavy atom. The van der Waals surface area contributed by atoms with Crippen LogP contribution in [0.25, 0.3) is 5.65 Å². The molecule has 23 heavy (non-hydrogen) atoms. The number of anilines is 2. The predicted molar refractivity (Wildman–Crippen MR) is 84.5 cm³/mol. The molecule has 0 atom stereocenters. The van der Waals surface area contributed by atoms with E-state index in [0.29, 0.717) is 11.3 Å². The Hall–Kier alpha value is -3.35. The minimum atomic E-state index is -1.37. The Balaban J connectivity index is 2.26. The molecule has 7 heteroatoms. The quantitative estimate of drug-likeness (QED) is 0.684. The number of benzene rings is 1. The summed E-state index contributed by atoms with van der Waals surface area (Å²) in [7, 11) is 0. The third-order valence-corrected chi connectivity index (χ3v) is 3.37. The van der Waals surface area contributed by atoms with Crippen molar-refractivity contribution in [2.24, 2.45) is 0 Å². The van der Waals surface area contributed by atoms with E-state index >= 15 is 0 Å². The van der Waals surface area contributed by atoms with Crippen LogP contribution in [0, 0.1) is 6.92 Å². The first kappa shape index (κ1) is 14.6. The van der Waals surface area contributed by atoms with Crippen LogP contribution in [-0.4, -0.2) is 25.6 Å². The molecule has 2 heterocycles. The first-order valence-electron chi connectivity index (χ1n) is 6.78. The largest absolute Gasteiger partial charge is 0.508 e. The van der Waals surface area contributed by atoms with E-state index in [0.717, 1.165) is 5.56 Å². The molecule has 0 radical (unpaired) electrons. The van der Waals surface area contributed by atoms with Crippen molar-refractivity contribution in [3.8, 4) is 5.75 Å². The number of hydrogen-bond acceptors (Lipinski definition) is 5. The zero-order valence-corrected chi connectivity index (χ0v) is 12.1. The number of aromatic nitrogens is 2. The van der Waals surface area contributed by atoms with Crippen molar-refractivity contribution >= 4 is 23.1 Å². The molecular formula is C16H13N3O4. The number of hydrogen-bond donors (Lipinski definition) is 3. The summed E-state index contributed by atoms with van der Waals surface area (Å²) < 4.78 is 1.20. The van der Waals surface area contributed by atoms with Gasteiger partial charge in [-0.25, -0.2) is 9.78 Å². The molecule has 0 saturated carbocycles. The van der Waals surface area contributed by atoms with E-state index < -0.39 is 17.1 Å². The van der Waals surface area contributed by atoms with Gasteiger partial charge in [0.15, 0.2) is 11.4 Å². The second kappa shape index (κ2) is 5.45. The van der Waals surface area contributed by atoms with Gasteiger partial charge in [-0.2, -0.15) is 0 Å². The zero-order valence-electron chi connectivity index (χ0n) is 12.1. The Kier molecular flexibility index (Phi) is 3.46. The fourth-order valence-electron chi connectivity index (χ4n) is 2.30. The number of carboxylic acids is 1. The van der Waals surface area contributed by atoms with Gasteiger partial charge in [-0.05, 0) is 30.7 Å². The van der Waals surface area contributed by atoms with Crippen LogP contribution >= 0.6 is 0 Å². The van der Waals surface area contributed by atoms with E-state index in [4.69, 9.17) is 0 Å². The fourth-order valence-corrected chi connectivity index (χ4v) is 2.30. The highest BCUT2D eigenvalue weighted by atomic mass is 16.4. The lowest BCUT2D eigenvalue weighted by molar-refractivity contribution is 0.0695. The topological polar surface area (TPSA) is 104 Å². The Labute approximate surface area is 130 Å². The van der Waals surface area contributed by atoms with Crippen LogP contribution < -0.4 is 10.9 Å². The van der Waals surface area contributed by atoms with Crippen molar-refractivity contribution in [3.05, 3.63) is 64.1 Å².